The summed E-state index contributed by atoms with van der Waals surface area (Å²) in [6, 6.07) is 2.86. The van der Waals surface area contributed by atoms with E-state index in [2.05, 4.69) is 42.1 Å². The first-order valence-electron chi connectivity index (χ1n) is 6.51. The lowest BCUT2D eigenvalue weighted by Crippen LogP contribution is -2.33. The minimum absolute atomic E-state index is 0.606. The van der Waals surface area contributed by atoms with Crippen LogP contribution >= 0.6 is 0 Å². The second kappa shape index (κ2) is 5.00. The summed E-state index contributed by atoms with van der Waals surface area (Å²) >= 11 is 0. The Kier molecular flexibility index (Phi) is 3.64. The fourth-order valence-electron chi connectivity index (χ4n) is 2.29. The highest BCUT2D eigenvalue weighted by Gasteiger charge is 2.30. The summed E-state index contributed by atoms with van der Waals surface area (Å²) in [6.45, 7) is 5.41. The van der Waals surface area contributed by atoms with Gasteiger partial charge in [0.15, 0.2) is 0 Å². The van der Waals surface area contributed by atoms with Gasteiger partial charge in [-0.1, -0.05) is 13.8 Å². The summed E-state index contributed by atoms with van der Waals surface area (Å²) < 4.78 is 2.21. The Balaban J connectivity index is 2.08. The lowest BCUT2D eigenvalue weighted by molar-refractivity contribution is 0.405. The second-order valence-electron chi connectivity index (χ2n) is 4.75. The largest absolute Gasteiger partial charge is 0.315 e. The maximum absolute atomic E-state index is 4.67. The molecule has 3 nitrogen and oxygen atoms in total. The highest BCUT2D eigenvalue weighted by atomic mass is 15.3. The first-order valence-corrected chi connectivity index (χ1v) is 6.51. The molecule has 1 fully saturated rings. The molecule has 90 valence electrons. The molecule has 0 bridgehead atoms. The van der Waals surface area contributed by atoms with E-state index in [9.17, 15) is 0 Å². The molecule has 0 saturated heterocycles. The number of likely N-dealkylation sites (N-methyl/N-ethyl adjacent to an activating group) is 1. The van der Waals surface area contributed by atoms with Gasteiger partial charge >= 0.3 is 0 Å². The Bertz CT molecular complexity index is 339. The van der Waals surface area contributed by atoms with Crippen molar-refractivity contribution in [3.05, 3.63) is 17.5 Å². The van der Waals surface area contributed by atoms with E-state index >= 15 is 0 Å². The average Bonchev–Trinajstić information content (AvgIpc) is 3.07. The zero-order chi connectivity index (χ0) is 11.5. The number of aromatic nitrogens is 2. The molecule has 1 heterocycles. The molecule has 1 unspecified atom stereocenters. The molecule has 0 spiro atoms. The lowest BCUT2D eigenvalue weighted by Gasteiger charge is -2.16. The van der Waals surface area contributed by atoms with Gasteiger partial charge in [0.2, 0.25) is 0 Å². The molecule has 0 radical (unpaired) electrons. The van der Waals surface area contributed by atoms with Gasteiger partial charge in [-0.3, -0.25) is 4.68 Å². The van der Waals surface area contributed by atoms with Gasteiger partial charge in [0.25, 0.3) is 0 Å². The second-order valence-corrected chi connectivity index (χ2v) is 4.75. The molecule has 1 N–H and O–H groups in total. The van der Waals surface area contributed by atoms with Crippen LogP contribution in [0.1, 0.15) is 38.1 Å². The molecule has 1 aromatic heterocycles. The van der Waals surface area contributed by atoms with Gasteiger partial charge in [-0.05, 0) is 44.7 Å². The number of aryl methyl sites for hydroxylation is 2. The van der Waals surface area contributed by atoms with Crippen molar-refractivity contribution in [2.75, 3.05) is 7.05 Å². The third kappa shape index (κ3) is 2.46. The maximum Gasteiger partial charge on any atom is 0.0624 e. The molecule has 0 amide bonds. The van der Waals surface area contributed by atoms with Gasteiger partial charge in [0.1, 0.15) is 0 Å². The molecule has 3 heteroatoms. The van der Waals surface area contributed by atoms with Crippen molar-refractivity contribution in [2.24, 2.45) is 5.92 Å². The number of nitrogens with one attached hydrogen (secondary N) is 1. The van der Waals surface area contributed by atoms with Crippen molar-refractivity contribution in [1.29, 1.82) is 0 Å². The average molecular weight is 221 g/mol. The normalized spacial score (nSPS) is 17.7. The van der Waals surface area contributed by atoms with Crippen LogP contribution in [0.25, 0.3) is 0 Å². The third-order valence-corrected chi connectivity index (χ3v) is 3.57. The number of hydrogen-bond donors (Lipinski definition) is 1. The van der Waals surface area contributed by atoms with Crippen LogP contribution in [-0.4, -0.2) is 22.9 Å². The van der Waals surface area contributed by atoms with Crippen molar-refractivity contribution < 1.29 is 0 Å². The SMILES string of the molecule is CCc1cc(CC)n(CC(NC)C2CC2)n1. The van der Waals surface area contributed by atoms with Crippen LogP contribution in [0.4, 0.5) is 0 Å². The van der Waals surface area contributed by atoms with Crippen LogP contribution in [0.5, 0.6) is 0 Å². The monoisotopic (exact) mass is 221 g/mol. The van der Waals surface area contributed by atoms with E-state index in [-0.39, 0.29) is 0 Å². The summed E-state index contributed by atoms with van der Waals surface area (Å²) in [5.74, 6) is 0.879. The van der Waals surface area contributed by atoms with Gasteiger partial charge < -0.3 is 5.32 Å². The van der Waals surface area contributed by atoms with E-state index in [0.717, 1.165) is 25.3 Å². The highest BCUT2D eigenvalue weighted by Crippen LogP contribution is 2.33. The van der Waals surface area contributed by atoms with Crippen molar-refractivity contribution in [3.8, 4) is 0 Å². The van der Waals surface area contributed by atoms with Crippen molar-refractivity contribution >= 4 is 0 Å². The first-order chi connectivity index (χ1) is 7.78. The van der Waals surface area contributed by atoms with Crippen LogP contribution in [0.15, 0.2) is 6.07 Å². The Morgan fingerprint density at radius 2 is 2.19 bits per heavy atom. The molecule has 16 heavy (non-hydrogen) atoms. The van der Waals surface area contributed by atoms with Crippen LogP contribution in [-0.2, 0) is 19.4 Å². The Hall–Kier alpha value is -0.830. The minimum Gasteiger partial charge on any atom is -0.315 e. The number of hydrogen-bond acceptors (Lipinski definition) is 2. The third-order valence-electron chi connectivity index (χ3n) is 3.57. The van der Waals surface area contributed by atoms with Crippen LogP contribution in [0.2, 0.25) is 0 Å². The topological polar surface area (TPSA) is 29.9 Å². The molecule has 0 aliphatic heterocycles. The van der Waals surface area contributed by atoms with E-state index < -0.39 is 0 Å². The zero-order valence-corrected chi connectivity index (χ0v) is 10.7. The molecular formula is C13H23N3. The number of rotatable bonds is 6. The molecule has 1 aromatic rings. The van der Waals surface area contributed by atoms with Crippen molar-refractivity contribution in [3.63, 3.8) is 0 Å². The number of nitrogens with zero attached hydrogens (tertiary/aromatic N) is 2. The summed E-state index contributed by atoms with van der Waals surface area (Å²) in [5, 5.41) is 8.10. The quantitative estimate of drug-likeness (QED) is 0.796. The molecule has 1 aliphatic rings. The molecular weight excluding hydrogens is 198 g/mol. The molecule has 0 aromatic carbocycles. The smallest absolute Gasteiger partial charge is 0.0624 e. The Labute approximate surface area is 98.2 Å². The summed E-state index contributed by atoms with van der Waals surface area (Å²) in [6.07, 6.45) is 4.88. The van der Waals surface area contributed by atoms with E-state index in [1.807, 2.05) is 0 Å². The van der Waals surface area contributed by atoms with Crippen molar-refractivity contribution in [2.45, 2.75) is 52.1 Å². The summed E-state index contributed by atoms with van der Waals surface area (Å²) in [5.41, 5.74) is 2.60. The van der Waals surface area contributed by atoms with Gasteiger partial charge in [0.05, 0.1) is 12.2 Å². The van der Waals surface area contributed by atoms with Gasteiger partial charge in [-0.2, -0.15) is 5.10 Å². The highest BCUT2D eigenvalue weighted by molar-refractivity contribution is 5.10. The standard InChI is InChI=1S/C13H23N3/c1-4-11-8-12(5-2)16(15-11)9-13(14-3)10-6-7-10/h8,10,13-14H,4-7,9H2,1-3H3. The summed E-state index contributed by atoms with van der Waals surface area (Å²) in [4.78, 5) is 0. The molecule has 1 aliphatic carbocycles. The van der Waals surface area contributed by atoms with E-state index in [1.165, 1.54) is 24.2 Å². The van der Waals surface area contributed by atoms with Gasteiger partial charge in [0, 0.05) is 11.7 Å². The molecule has 2 rings (SSSR count). The van der Waals surface area contributed by atoms with E-state index in [4.69, 9.17) is 0 Å². The predicted octanol–water partition coefficient (Wildman–Crippen LogP) is 2.01. The molecule has 1 saturated carbocycles. The fourth-order valence-corrected chi connectivity index (χ4v) is 2.29. The van der Waals surface area contributed by atoms with Crippen molar-refractivity contribution in [1.82, 2.24) is 15.1 Å². The van der Waals surface area contributed by atoms with Crippen LogP contribution in [0, 0.1) is 5.92 Å². The first kappa shape index (κ1) is 11.6. The lowest BCUT2D eigenvalue weighted by atomic mass is 10.2. The summed E-state index contributed by atoms with van der Waals surface area (Å²) in [7, 11) is 2.07. The molecule has 1 atom stereocenters. The van der Waals surface area contributed by atoms with Crippen LogP contribution in [0.3, 0.4) is 0 Å². The zero-order valence-electron chi connectivity index (χ0n) is 10.7. The van der Waals surface area contributed by atoms with Gasteiger partial charge in [-0.15, -0.1) is 0 Å². The maximum atomic E-state index is 4.67. The fraction of sp³-hybridized carbons (Fsp3) is 0.769. The Morgan fingerprint density at radius 3 is 2.69 bits per heavy atom. The van der Waals surface area contributed by atoms with E-state index in [0.29, 0.717) is 6.04 Å². The Morgan fingerprint density at radius 1 is 1.44 bits per heavy atom. The van der Waals surface area contributed by atoms with Gasteiger partial charge in [-0.25, -0.2) is 0 Å². The van der Waals surface area contributed by atoms with Crippen LogP contribution < -0.4 is 5.32 Å². The van der Waals surface area contributed by atoms with E-state index in [1.54, 1.807) is 0 Å². The predicted molar refractivity (Wildman–Crippen MR) is 66.6 cm³/mol. The minimum atomic E-state index is 0.606.